The van der Waals surface area contributed by atoms with Crippen LogP contribution < -0.4 is 5.32 Å². The maximum absolute atomic E-state index is 8.95. The van der Waals surface area contributed by atoms with Gasteiger partial charge >= 0.3 is 0 Å². The average Bonchev–Trinajstić information content (AvgIpc) is 2.16. The van der Waals surface area contributed by atoms with E-state index in [0.29, 0.717) is 6.54 Å². The molecule has 0 aromatic heterocycles. The molecule has 0 radical (unpaired) electrons. The molecule has 5 heteroatoms. The zero-order chi connectivity index (χ0) is 9.94. The third-order valence-corrected chi connectivity index (χ3v) is 2.53. The first-order valence-electron chi connectivity index (χ1n) is 4.49. The van der Waals surface area contributed by atoms with E-state index in [0.717, 1.165) is 24.5 Å². The van der Waals surface area contributed by atoms with Crippen LogP contribution in [0.2, 0.25) is 0 Å². The topological polar surface area (TPSA) is 72.7 Å². The second-order valence-corrected chi connectivity index (χ2v) is 3.95. The predicted octanol–water partition coefficient (Wildman–Crippen LogP) is -0.955. The van der Waals surface area contributed by atoms with Crippen molar-refractivity contribution in [1.82, 2.24) is 5.32 Å². The Morgan fingerprint density at radius 3 is 2.62 bits per heavy atom. The lowest BCUT2D eigenvalue weighted by Gasteiger charge is -2.08. The summed E-state index contributed by atoms with van der Waals surface area (Å²) < 4.78 is 0. The van der Waals surface area contributed by atoms with Crippen molar-refractivity contribution in [2.75, 3.05) is 37.8 Å². The third-order valence-electron chi connectivity index (χ3n) is 1.46. The molecule has 0 aromatic rings. The van der Waals surface area contributed by atoms with Crippen molar-refractivity contribution in [3.8, 4) is 0 Å². The molecule has 0 saturated carbocycles. The SMILES string of the molecule is OCCCSCCNC[C@H](O)CO. The van der Waals surface area contributed by atoms with Gasteiger partial charge < -0.3 is 20.6 Å². The summed E-state index contributed by atoms with van der Waals surface area (Å²) in [7, 11) is 0. The molecule has 0 bridgehead atoms. The van der Waals surface area contributed by atoms with E-state index in [-0.39, 0.29) is 13.2 Å². The normalized spacial score (nSPS) is 13.2. The van der Waals surface area contributed by atoms with Gasteiger partial charge in [-0.1, -0.05) is 0 Å². The third kappa shape index (κ3) is 10.1. The second kappa shape index (κ2) is 10.3. The monoisotopic (exact) mass is 209 g/mol. The van der Waals surface area contributed by atoms with E-state index in [1.165, 1.54) is 0 Å². The summed E-state index contributed by atoms with van der Waals surface area (Å²) in [5.74, 6) is 1.94. The minimum atomic E-state index is -0.651. The van der Waals surface area contributed by atoms with E-state index in [4.69, 9.17) is 15.3 Å². The highest BCUT2D eigenvalue weighted by atomic mass is 32.2. The van der Waals surface area contributed by atoms with Crippen molar-refractivity contribution in [1.29, 1.82) is 0 Å². The molecular weight excluding hydrogens is 190 g/mol. The fourth-order valence-electron chi connectivity index (χ4n) is 0.746. The molecule has 0 fully saturated rings. The Balaban J connectivity index is 2.91. The van der Waals surface area contributed by atoms with Gasteiger partial charge in [-0.05, 0) is 12.2 Å². The number of nitrogens with one attached hydrogen (secondary N) is 1. The number of hydrogen-bond donors (Lipinski definition) is 4. The molecule has 13 heavy (non-hydrogen) atoms. The lowest BCUT2D eigenvalue weighted by atomic mass is 10.4. The summed E-state index contributed by atoms with van der Waals surface area (Å²) in [6, 6.07) is 0. The number of thioether (sulfide) groups is 1. The van der Waals surface area contributed by atoms with Crippen LogP contribution in [0.3, 0.4) is 0 Å². The maximum Gasteiger partial charge on any atom is 0.0894 e. The Morgan fingerprint density at radius 2 is 2.00 bits per heavy atom. The van der Waals surface area contributed by atoms with Crippen molar-refractivity contribution in [3.63, 3.8) is 0 Å². The van der Waals surface area contributed by atoms with Gasteiger partial charge in [0.15, 0.2) is 0 Å². The average molecular weight is 209 g/mol. The Hall–Kier alpha value is 0.190. The van der Waals surface area contributed by atoms with E-state index in [1.54, 1.807) is 11.8 Å². The van der Waals surface area contributed by atoms with Crippen molar-refractivity contribution in [3.05, 3.63) is 0 Å². The van der Waals surface area contributed by atoms with Crippen LogP contribution >= 0.6 is 11.8 Å². The molecule has 0 spiro atoms. The molecule has 1 atom stereocenters. The molecule has 0 aliphatic carbocycles. The molecule has 0 aliphatic rings. The Bertz CT molecular complexity index is 105. The van der Waals surface area contributed by atoms with Gasteiger partial charge in [0.2, 0.25) is 0 Å². The van der Waals surface area contributed by atoms with Crippen molar-refractivity contribution in [2.24, 2.45) is 0 Å². The zero-order valence-corrected chi connectivity index (χ0v) is 8.59. The van der Waals surface area contributed by atoms with Gasteiger partial charge in [0.05, 0.1) is 12.7 Å². The summed E-state index contributed by atoms with van der Waals surface area (Å²) in [6.07, 6.45) is 0.187. The van der Waals surface area contributed by atoms with E-state index < -0.39 is 6.10 Å². The first kappa shape index (κ1) is 13.2. The molecule has 0 rings (SSSR count). The predicted molar refractivity (Wildman–Crippen MR) is 55.0 cm³/mol. The number of aliphatic hydroxyl groups excluding tert-OH is 3. The maximum atomic E-state index is 8.95. The molecule has 0 unspecified atom stereocenters. The minimum Gasteiger partial charge on any atom is -0.396 e. The first-order chi connectivity index (χ1) is 6.31. The Morgan fingerprint density at radius 1 is 1.23 bits per heavy atom. The van der Waals surface area contributed by atoms with Crippen LogP contribution in [-0.4, -0.2) is 59.2 Å². The quantitative estimate of drug-likeness (QED) is 0.368. The van der Waals surface area contributed by atoms with Crippen LogP contribution in [0.15, 0.2) is 0 Å². The van der Waals surface area contributed by atoms with Crippen LogP contribution in [0, 0.1) is 0 Å². The van der Waals surface area contributed by atoms with Crippen molar-refractivity contribution < 1.29 is 15.3 Å². The van der Waals surface area contributed by atoms with Gasteiger partial charge in [0.1, 0.15) is 0 Å². The zero-order valence-electron chi connectivity index (χ0n) is 7.78. The smallest absolute Gasteiger partial charge is 0.0894 e. The molecule has 0 amide bonds. The van der Waals surface area contributed by atoms with Gasteiger partial charge in [0.25, 0.3) is 0 Å². The van der Waals surface area contributed by atoms with Gasteiger partial charge in [-0.3, -0.25) is 0 Å². The molecule has 0 heterocycles. The summed E-state index contributed by atoms with van der Waals surface area (Å²) in [5, 5.41) is 28.9. The van der Waals surface area contributed by atoms with Crippen LogP contribution in [0.5, 0.6) is 0 Å². The molecule has 0 aromatic carbocycles. The molecule has 4 nitrogen and oxygen atoms in total. The van der Waals surface area contributed by atoms with Gasteiger partial charge in [-0.15, -0.1) is 0 Å². The molecular formula is C8H19NO3S. The van der Waals surface area contributed by atoms with Gasteiger partial charge in [-0.25, -0.2) is 0 Å². The summed E-state index contributed by atoms with van der Waals surface area (Å²) in [6.45, 7) is 1.33. The molecule has 0 aliphatic heterocycles. The highest BCUT2D eigenvalue weighted by Gasteiger charge is 1.99. The largest absolute Gasteiger partial charge is 0.396 e. The molecule has 4 N–H and O–H groups in total. The number of aliphatic hydroxyl groups is 3. The number of hydrogen-bond acceptors (Lipinski definition) is 5. The second-order valence-electron chi connectivity index (χ2n) is 2.73. The van der Waals surface area contributed by atoms with E-state index >= 15 is 0 Å². The first-order valence-corrected chi connectivity index (χ1v) is 5.65. The van der Waals surface area contributed by atoms with Crippen molar-refractivity contribution in [2.45, 2.75) is 12.5 Å². The lowest BCUT2D eigenvalue weighted by molar-refractivity contribution is 0.0950. The van der Waals surface area contributed by atoms with Crippen LogP contribution in [0.4, 0.5) is 0 Å². The van der Waals surface area contributed by atoms with Crippen molar-refractivity contribution >= 4 is 11.8 Å². The molecule has 0 saturated heterocycles. The lowest BCUT2D eigenvalue weighted by Crippen LogP contribution is -2.30. The van der Waals surface area contributed by atoms with E-state index in [9.17, 15) is 0 Å². The fraction of sp³-hybridized carbons (Fsp3) is 1.00. The Labute approximate surface area is 83.3 Å². The van der Waals surface area contributed by atoms with Gasteiger partial charge in [0, 0.05) is 25.4 Å². The van der Waals surface area contributed by atoms with Crippen LogP contribution in [0.25, 0.3) is 0 Å². The van der Waals surface area contributed by atoms with E-state index in [2.05, 4.69) is 5.32 Å². The summed E-state index contributed by atoms with van der Waals surface area (Å²) >= 11 is 1.77. The van der Waals surface area contributed by atoms with E-state index in [1.807, 2.05) is 0 Å². The summed E-state index contributed by atoms with van der Waals surface area (Å²) in [4.78, 5) is 0. The Kier molecular flexibility index (Phi) is 10.4. The summed E-state index contributed by atoms with van der Waals surface area (Å²) in [5.41, 5.74) is 0. The number of rotatable bonds is 9. The van der Waals surface area contributed by atoms with Crippen LogP contribution in [0.1, 0.15) is 6.42 Å². The van der Waals surface area contributed by atoms with Crippen LogP contribution in [-0.2, 0) is 0 Å². The minimum absolute atomic E-state index is 0.190. The highest BCUT2D eigenvalue weighted by Crippen LogP contribution is 1.99. The highest BCUT2D eigenvalue weighted by molar-refractivity contribution is 7.99. The molecule has 80 valence electrons. The standard InChI is InChI=1S/C8H19NO3S/c10-3-1-4-13-5-2-9-6-8(12)7-11/h8-12H,1-7H2/t8-/m0/s1. The van der Waals surface area contributed by atoms with Gasteiger partial charge in [-0.2, -0.15) is 11.8 Å². The fourth-order valence-corrected chi connectivity index (χ4v) is 1.57.